The lowest BCUT2D eigenvalue weighted by Crippen LogP contribution is -2.00. The molecule has 0 saturated carbocycles. The summed E-state index contributed by atoms with van der Waals surface area (Å²) in [4.78, 5) is 13.7. The predicted octanol–water partition coefficient (Wildman–Crippen LogP) is 6.32. The molecule has 0 aliphatic carbocycles. The van der Waals surface area contributed by atoms with Gasteiger partial charge in [-0.05, 0) is 12.1 Å². The number of aromatic nitrogens is 3. The first-order valence-corrected chi connectivity index (χ1v) is 8.89. The highest BCUT2D eigenvalue weighted by atomic mass is 35.5. The molecule has 1 heterocycles. The number of hydrogen-bond donors (Lipinski definition) is 0. The maximum Gasteiger partial charge on any atom is 0.164 e. The second kappa shape index (κ2) is 7.43. The Labute approximate surface area is 165 Å². The smallest absolute Gasteiger partial charge is 0.164 e. The summed E-state index contributed by atoms with van der Waals surface area (Å²) in [5.41, 5.74) is 2.21. The number of rotatable bonds is 3. The number of benzene rings is 3. The average molecular weight is 396 g/mol. The molecular weight excluding hydrogens is 384 g/mol. The van der Waals surface area contributed by atoms with Crippen molar-refractivity contribution >= 4 is 23.2 Å². The Hall–Kier alpha value is -2.82. The summed E-state index contributed by atoms with van der Waals surface area (Å²) >= 11 is 11.9. The number of nitrogens with zero attached hydrogens (tertiary/aromatic N) is 3. The van der Waals surface area contributed by atoms with Crippen molar-refractivity contribution in [2.24, 2.45) is 0 Å². The maximum atomic E-state index is 13.8. The fraction of sp³-hybridized carbons (Fsp3) is 0. The molecule has 1 aromatic heterocycles. The summed E-state index contributed by atoms with van der Waals surface area (Å²) in [6.45, 7) is 0. The van der Waals surface area contributed by atoms with Gasteiger partial charge in [0.2, 0.25) is 0 Å². The van der Waals surface area contributed by atoms with Crippen molar-refractivity contribution in [3.63, 3.8) is 0 Å². The van der Waals surface area contributed by atoms with Crippen LogP contribution in [0, 0.1) is 5.82 Å². The molecule has 0 atom stereocenters. The van der Waals surface area contributed by atoms with E-state index in [1.54, 1.807) is 0 Å². The minimum Gasteiger partial charge on any atom is -0.208 e. The van der Waals surface area contributed by atoms with Gasteiger partial charge in [-0.15, -0.1) is 0 Å². The molecule has 0 saturated heterocycles. The second-order valence-electron chi connectivity index (χ2n) is 5.79. The molecule has 3 aromatic carbocycles. The molecular formula is C21H12Cl2FN3. The fourth-order valence-electron chi connectivity index (χ4n) is 2.62. The highest BCUT2D eigenvalue weighted by Gasteiger charge is 2.15. The van der Waals surface area contributed by atoms with Crippen LogP contribution in [0.5, 0.6) is 0 Å². The zero-order chi connectivity index (χ0) is 18.8. The zero-order valence-corrected chi connectivity index (χ0v) is 15.4. The van der Waals surface area contributed by atoms with Gasteiger partial charge in [-0.25, -0.2) is 19.3 Å². The van der Waals surface area contributed by atoms with Crippen LogP contribution in [0.2, 0.25) is 10.0 Å². The molecule has 27 heavy (non-hydrogen) atoms. The fourth-order valence-corrected chi connectivity index (χ4v) is 3.11. The first-order valence-electron chi connectivity index (χ1n) is 8.13. The molecule has 0 unspecified atom stereocenters. The monoisotopic (exact) mass is 395 g/mol. The van der Waals surface area contributed by atoms with Crippen LogP contribution in [0.4, 0.5) is 4.39 Å². The summed E-state index contributed by atoms with van der Waals surface area (Å²) in [6, 6.07) is 22.1. The molecule has 6 heteroatoms. The third-order valence-corrected chi connectivity index (χ3v) is 4.49. The Morgan fingerprint density at radius 1 is 0.556 bits per heavy atom. The summed E-state index contributed by atoms with van der Waals surface area (Å²) in [7, 11) is 0. The minimum absolute atomic E-state index is 0.0829. The van der Waals surface area contributed by atoms with Crippen molar-refractivity contribution in [2.45, 2.75) is 0 Å². The van der Waals surface area contributed by atoms with Gasteiger partial charge in [0.1, 0.15) is 0 Å². The van der Waals surface area contributed by atoms with Crippen molar-refractivity contribution in [3.05, 3.63) is 88.7 Å². The normalized spacial score (nSPS) is 10.8. The van der Waals surface area contributed by atoms with Gasteiger partial charge in [-0.3, -0.25) is 0 Å². The van der Waals surface area contributed by atoms with Crippen molar-refractivity contribution in [3.8, 4) is 34.2 Å². The van der Waals surface area contributed by atoms with Gasteiger partial charge in [0.15, 0.2) is 23.3 Å². The van der Waals surface area contributed by atoms with Crippen LogP contribution in [0.1, 0.15) is 0 Å². The molecule has 0 amide bonds. The number of halogens is 3. The standard InChI is InChI=1S/C21H12Cl2FN3/c22-16-11-15(12-17(23)18(16)24)21-26-19(13-7-3-1-4-8-13)25-20(27-21)14-9-5-2-6-10-14/h1-12H. The van der Waals surface area contributed by atoms with E-state index >= 15 is 0 Å². The van der Waals surface area contributed by atoms with E-state index < -0.39 is 5.82 Å². The molecule has 0 N–H and O–H groups in total. The SMILES string of the molecule is Fc1c(Cl)cc(-c2nc(-c3ccccc3)nc(-c3ccccc3)n2)cc1Cl. The van der Waals surface area contributed by atoms with Gasteiger partial charge in [0, 0.05) is 16.7 Å². The van der Waals surface area contributed by atoms with E-state index in [9.17, 15) is 4.39 Å². The second-order valence-corrected chi connectivity index (χ2v) is 6.61. The third-order valence-electron chi connectivity index (χ3n) is 3.94. The van der Waals surface area contributed by atoms with Gasteiger partial charge in [0.05, 0.1) is 10.0 Å². The molecule has 4 rings (SSSR count). The van der Waals surface area contributed by atoms with Crippen molar-refractivity contribution < 1.29 is 4.39 Å². The van der Waals surface area contributed by atoms with E-state index in [2.05, 4.69) is 15.0 Å². The molecule has 0 aliphatic heterocycles. The molecule has 0 radical (unpaired) electrons. The van der Waals surface area contributed by atoms with Crippen molar-refractivity contribution in [1.29, 1.82) is 0 Å². The summed E-state index contributed by atoms with van der Waals surface area (Å²) in [6.07, 6.45) is 0. The summed E-state index contributed by atoms with van der Waals surface area (Å²) in [5, 5.41) is -0.166. The Balaban J connectivity index is 1.94. The number of hydrogen-bond acceptors (Lipinski definition) is 3. The molecule has 0 fully saturated rings. The topological polar surface area (TPSA) is 38.7 Å². The van der Waals surface area contributed by atoms with E-state index in [-0.39, 0.29) is 10.0 Å². The lowest BCUT2D eigenvalue weighted by atomic mass is 10.1. The maximum absolute atomic E-state index is 13.8. The van der Waals surface area contributed by atoms with E-state index in [1.807, 2.05) is 60.7 Å². The lowest BCUT2D eigenvalue weighted by Gasteiger charge is -2.09. The van der Waals surface area contributed by atoms with Crippen LogP contribution in [0.15, 0.2) is 72.8 Å². The Bertz CT molecular complexity index is 1020. The van der Waals surface area contributed by atoms with Gasteiger partial charge in [0.25, 0.3) is 0 Å². The highest BCUT2D eigenvalue weighted by molar-refractivity contribution is 6.35. The van der Waals surface area contributed by atoms with Gasteiger partial charge < -0.3 is 0 Å². The molecule has 0 bridgehead atoms. The predicted molar refractivity (Wildman–Crippen MR) is 106 cm³/mol. The third kappa shape index (κ3) is 3.68. The van der Waals surface area contributed by atoms with E-state index in [4.69, 9.17) is 23.2 Å². The van der Waals surface area contributed by atoms with Gasteiger partial charge >= 0.3 is 0 Å². The van der Waals surface area contributed by atoms with E-state index in [1.165, 1.54) is 12.1 Å². The Morgan fingerprint density at radius 3 is 1.33 bits per heavy atom. The first kappa shape index (κ1) is 17.6. The first-order chi connectivity index (χ1) is 13.1. The van der Waals surface area contributed by atoms with Crippen LogP contribution in [0.3, 0.4) is 0 Å². The molecule has 3 nitrogen and oxygen atoms in total. The molecule has 4 aromatic rings. The van der Waals surface area contributed by atoms with Crippen molar-refractivity contribution in [2.75, 3.05) is 0 Å². The molecule has 0 spiro atoms. The van der Waals surface area contributed by atoms with E-state index in [0.29, 0.717) is 23.0 Å². The molecule has 0 aliphatic rings. The average Bonchev–Trinajstić information content (AvgIpc) is 2.72. The zero-order valence-electron chi connectivity index (χ0n) is 13.9. The largest absolute Gasteiger partial charge is 0.208 e. The van der Waals surface area contributed by atoms with Crippen LogP contribution in [-0.4, -0.2) is 15.0 Å². The van der Waals surface area contributed by atoms with E-state index in [0.717, 1.165) is 11.1 Å². The van der Waals surface area contributed by atoms with Crippen LogP contribution in [0.25, 0.3) is 34.2 Å². The van der Waals surface area contributed by atoms with Gasteiger partial charge in [-0.2, -0.15) is 0 Å². The van der Waals surface area contributed by atoms with Crippen LogP contribution < -0.4 is 0 Å². The van der Waals surface area contributed by atoms with Gasteiger partial charge in [-0.1, -0.05) is 83.9 Å². The minimum atomic E-state index is -0.664. The van der Waals surface area contributed by atoms with Crippen LogP contribution in [-0.2, 0) is 0 Å². The Kier molecular flexibility index (Phi) is 4.84. The van der Waals surface area contributed by atoms with Crippen molar-refractivity contribution in [1.82, 2.24) is 15.0 Å². The van der Waals surface area contributed by atoms with Crippen LogP contribution >= 0.6 is 23.2 Å². The lowest BCUT2D eigenvalue weighted by molar-refractivity contribution is 0.629. The summed E-state index contributed by atoms with van der Waals surface area (Å²) < 4.78 is 13.8. The Morgan fingerprint density at radius 2 is 0.926 bits per heavy atom. The molecule has 132 valence electrons. The quantitative estimate of drug-likeness (QED) is 0.381. The highest BCUT2D eigenvalue weighted by Crippen LogP contribution is 2.31. The summed E-state index contributed by atoms with van der Waals surface area (Å²) in [5.74, 6) is 0.723.